The molecular formula is C15H23FN2O. The van der Waals surface area contributed by atoms with Crippen LogP contribution in [-0.4, -0.2) is 37.7 Å². The number of hydrogen-bond donors (Lipinski definition) is 1. The normalized spacial score (nSPS) is 19.1. The molecule has 1 aliphatic rings. The molecule has 1 saturated heterocycles. The molecule has 1 fully saturated rings. The lowest BCUT2D eigenvalue weighted by Gasteiger charge is -2.28. The molecule has 4 heteroatoms. The van der Waals surface area contributed by atoms with E-state index < -0.39 is 0 Å². The summed E-state index contributed by atoms with van der Waals surface area (Å²) >= 11 is 0. The molecule has 1 atom stereocenters. The summed E-state index contributed by atoms with van der Waals surface area (Å²) in [6.45, 7) is 5.93. The van der Waals surface area contributed by atoms with Crippen LogP contribution in [0.2, 0.25) is 0 Å². The average molecular weight is 266 g/mol. The van der Waals surface area contributed by atoms with Crippen LogP contribution in [0.3, 0.4) is 0 Å². The standard InChI is InChI=1S/C15H23FN2O/c1-3-8-18(13-6-7-17-10-13)11-12-4-5-14(19-2)9-15(12)16/h4-5,9,13,17H,3,6-8,10-11H2,1-2H3. The maximum atomic E-state index is 14.0. The van der Waals surface area contributed by atoms with E-state index in [1.54, 1.807) is 7.11 Å². The van der Waals surface area contributed by atoms with Crippen molar-refractivity contribution in [2.24, 2.45) is 0 Å². The first kappa shape index (κ1) is 14.3. The van der Waals surface area contributed by atoms with Crippen LogP contribution in [0.25, 0.3) is 0 Å². The van der Waals surface area contributed by atoms with Crippen LogP contribution >= 0.6 is 0 Å². The van der Waals surface area contributed by atoms with Gasteiger partial charge in [0.1, 0.15) is 11.6 Å². The zero-order valence-corrected chi connectivity index (χ0v) is 11.8. The van der Waals surface area contributed by atoms with Crippen molar-refractivity contribution >= 4 is 0 Å². The second kappa shape index (κ2) is 6.87. The summed E-state index contributed by atoms with van der Waals surface area (Å²) in [7, 11) is 1.56. The number of rotatable bonds is 6. The molecule has 1 unspecified atom stereocenters. The van der Waals surface area contributed by atoms with E-state index in [4.69, 9.17) is 4.74 Å². The summed E-state index contributed by atoms with van der Waals surface area (Å²) < 4.78 is 19.0. The number of methoxy groups -OCH3 is 1. The molecule has 0 saturated carbocycles. The molecular weight excluding hydrogens is 243 g/mol. The highest BCUT2D eigenvalue weighted by atomic mass is 19.1. The van der Waals surface area contributed by atoms with Crippen LogP contribution in [0.4, 0.5) is 4.39 Å². The molecule has 106 valence electrons. The molecule has 0 aromatic heterocycles. The first-order valence-electron chi connectivity index (χ1n) is 7.01. The van der Waals surface area contributed by atoms with Gasteiger partial charge in [0.25, 0.3) is 0 Å². The molecule has 0 spiro atoms. The lowest BCUT2D eigenvalue weighted by molar-refractivity contribution is 0.197. The van der Waals surface area contributed by atoms with E-state index in [0.29, 0.717) is 18.3 Å². The Bertz CT molecular complexity index is 405. The number of ether oxygens (including phenoxy) is 1. The van der Waals surface area contributed by atoms with E-state index in [2.05, 4.69) is 17.1 Å². The number of nitrogens with zero attached hydrogens (tertiary/aromatic N) is 1. The highest BCUT2D eigenvalue weighted by Crippen LogP contribution is 2.20. The lowest BCUT2D eigenvalue weighted by atomic mass is 10.1. The molecule has 0 amide bonds. The Morgan fingerprint density at radius 3 is 2.89 bits per heavy atom. The zero-order chi connectivity index (χ0) is 13.7. The van der Waals surface area contributed by atoms with Crippen molar-refractivity contribution in [1.29, 1.82) is 0 Å². The second-order valence-corrected chi connectivity index (χ2v) is 5.07. The minimum atomic E-state index is -0.175. The summed E-state index contributed by atoms with van der Waals surface area (Å²) in [5.74, 6) is 0.400. The predicted octanol–water partition coefficient (Wildman–Crippen LogP) is 2.41. The molecule has 19 heavy (non-hydrogen) atoms. The Kier molecular flexibility index (Phi) is 5.16. The molecule has 0 radical (unpaired) electrons. The third-order valence-corrected chi connectivity index (χ3v) is 3.70. The fourth-order valence-electron chi connectivity index (χ4n) is 2.63. The molecule has 3 nitrogen and oxygen atoms in total. The number of nitrogens with one attached hydrogen (secondary N) is 1. The molecule has 1 heterocycles. The van der Waals surface area contributed by atoms with Gasteiger partial charge in [0.15, 0.2) is 0 Å². The zero-order valence-electron chi connectivity index (χ0n) is 11.8. The van der Waals surface area contributed by atoms with E-state index in [1.807, 2.05) is 12.1 Å². The van der Waals surface area contributed by atoms with Crippen LogP contribution in [-0.2, 0) is 6.54 Å². The van der Waals surface area contributed by atoms with Crippen LogP contribution in [0.15, 0.2) is 18.2 Å². The Balaban J connectivity index is 2.07. The monoisotopic (exact) mass is 266 g/mol. The minimum absolute atomic E-state index is 0.175. The van der Waals surface area contributed by atoms with Crippen molar-refractivity contribution in [1.82, 2.24) is 10.2 Å². The van der Waals surface area contributed by atoms with Crippen molar-refractivity contribution in [2.45, 2.75) is 32.4 Å². The van der Waals surface area contributed by atoms with Crippen molar-refractivity contribution in [2.75, 3.05) is 26.7 Å². The Morgan fingerprint density at radius 2 is 2.32 bits per heavy atom. The summed E-state index contributed by atoms with van der Waals surface area (Å²) in [5.41, 5.74) is 0.751. The van der Waals surface area contributed by atoms with Gasteiger partial charge in [0, 0.05) is 30.8 Å². The summed E-state index contributed by atoms with van der Waals surface area (Å²) in [5, 5.41) is 3.37. The van der Waals surface area contributed by atoms with Gasteiger partial charge in [-0.2, -0.15) is 0 Å². The Morgan fingerprint density at radius 1 is 1.47 bits per heavy atom. The Hall–Kier alpha value is -1.13. The van der Waals surface area contributed by atoms with Crippen molar-refractivity contribution in [3.63, 3.8) is 0 Å². The summed E-state index contributed by atoms with van der Waals surface area (Å²) in [6.07, 6.45) is 2.24. The fourth-order valence-corrected chi connectivity index (χ4v) is 2.63. The van der Waals surface area contributed by atoms with Crippen molar-refractivity contribution in [3.05, 3.63) is 29.6 Å². The van der Waals surface area contributed by atoms with Gasteiger partial charge in [-0.15, -0.1) is 0 Å². The van der Waals surface area contributed by atoms with Gasteiger partial charge in [0.2, 0.25) is 0 Å². The van der Waals surface area contributed by atoms with Gasteiger partial charge in [-0.3, -0.25) is 4.90 Å². The Labute approximate surface area is 114 Å². The number of hydrogen-bond acceptors (Lipinski definition) is 3. The first-order chi connectivity index (χ1) is 9.24. The van der Waals surface area contributed by atoms with E-state index >= 15 is 0 Å². The predicted molar refractivity (Wildman–Crippen MR) is 74.9 cm³/mol. The van der Waals surface area contributed by atoms with Gasteiger partial charge in [0.05, 0.1) is 7.11 Å². The van der Waals surface area contributed by atoms with Crippen molar-refractivity contribution < 1.29 is 9.13 Å². The molecule has 0 bridgehead atoms. The quantitative estimate of drug-likeness (QED) is 0.855. The number of benzene rings is 1. The smallest absolute Gasteiger partial charge is 0.131 e. The van der Waals surface area contributed by atoms with E-state index in [0.717, 1.165) is 38.0 Å². The van der Waals surface area contributed by atoms with Crippen LogP contribution < -0.4 is 10.1 Å². The highest BCUT2D eigenvalue weighted by Gasteiger charge is 2.22. The van der Waals surface area contributed by atoms with Crippen LogP contribution in [0.1, 0.15) is 25.3 Å². The van der Waals surface area contributed by atoms with E-state index in [-0.39, 0.29) is 5.82 Å². The molecule has 0 aliphatic carbocycles. The molecule has 1 aromatic rings. The van der Waals surface area contributed by atoms with Gasteiger partial charge in [-0.25, -0.2) is 4.39 Å². The second-order valence-electron chi connectivity index (χ2n) is 5.07. The molecule has 1 N–H and O–H groups in total. The van der Waals surface area contributed by atoms with Gasteiger partial charge in [-0.1, -0.05) is 13.0 Å². The lowest BCUT2D eigenvalue weighted by Crippen LogP contribution is -2.37. The van der Waals surface area contributed by atoms with E-state index in [9.17, 15) is 4.39 Å². The third kappa shape index (κ3) is 3.67. The first-order valence-corrected chi connectivity index (χ1v) is 7.01. The van der Waals surface area contributed by atoms with Gasteiger partial charge in [-0.05, 0) is 32.0 Å². The SMILES string of the molecule is CCCN(Cc1ccc(OC)cc1F)C1CCNC1. The van der Waals surface area contributed by atoms with E-state index in [1.165, 1.54) is 6.07 Å². The topological polar surface area (TPSA) is 24.5 Å². The number of halogens is 1. The summed E-state index contributed by atoms with van der Waals surface area (Å²) in [6, 6.07) is 5.66. The maximum absolute atomic E-state index is 14.0. The van der Waals surface area contributed by atoms with Gasteiger partial charge < -0.3 is 10.1 Å². The van der Waals surface area contributed by atoms with Gasteiger partial charge >= 0.3 is 0 Å². The largest absolute Gasteiger partial charge is 0.497 e. The average Bonchev–Trinajstić information content (AvgIpc) is 2.94. The summed E-state index contributed by atoms with van der Waals surface area (Å²) in [4.78, 5) is 2.38. The van der Waals surface area contributed by atoms with Crippen LogP contribution in [0, 0.1) is 5.82 Å². The third-order valence-electron chi connectivity index (χ3n) is 3.70. The molecule has 2 rings (SSSR count). The minimum Gasteiger partial charge on any atom is -0.497 e. The maximum Gasteiger partial charge on any atom is 0.131 e. The molecule has 1 aromatic carbocycles. The fraction of sp³-hybridized carbons (Fsp3) is 0.600. The highest BCUT2D eigenvalue weighted by molar-refractivity contribution is 5.28. The van der Waals surface area contributed by atoms with Crippen molar-refractivity contribution in [3.8, 4) is 5.75 Å². The molecule has 1 aliphatic heterocycles. The van der Waals surface area contributed by atoms with Crippen LogP contribution in [0.5, 0.6) is 5.75 Å².